The molecule has 0 aliphatic rings. The highest BCUT2D eigenvalue weighted by Crippen LogP contribution is 2.30. The van der Waals surface area contributed by atoms with E-state index < -0.39 is 0 Å². The van der Waals surface area contributed by atoms with Crippen molar-refractivity contribution in [3.63, 3.8) is 0 Å². The predicted octanol–water partition coefficient (Wildman–Crippen LogP) is 4.00. The number of hydrogen-bond donors (Lipinski definition) is 2. The fourth-order valence-corrected chi connectivity index (χ4v) is 2.91. The molecule has 2 N–H and O–H groups in total. The second-order valence-electron chi connectivity index (χ2n) is 5.17. The third kappa shape index (κ3) is 3.20. The molecule has 0 fully saturated rings. The van der Waals surface area contributed by atoms with E-state index in [4.69, 9.17) is 11.6 Å². The molecule has 2 aromatic heterocycles. The topological polar surface area (TPSA) is 62.5 Å². The Morgan fingerprint density at radius 2 is 2.17 bits per heavy atom. The van der Waals surface area contributed by atoms with Gasteiger partial charge in [0.05, 0.1) is 29.0 Å². The number of fused-ring (bicyclic) bond motifs is 1. The molecule has 0 saturated heterocycles. The van der Waals surface area contributed by atoms with Crippen LogP contribution in [0.25, 0.3) is 16.9 Å². The highest BCUT2D eigenvalue weighted by atomic mass is 79.9. The zero-order valence-electron chi connectivity index (χ0n) is 12.5. The van der Waals surface area contributed by atoms with Gasteiger partial charge in [0.2, 0.25) is 0 Å². The summed E-state index contributed by atoms with van der Waals surface area (Å²) < 4.78 is 2.51. The van der Waals surface area contributed by atoms with Crippen molar-refractivity contribution in [1.29, 1.82) is 0 Å². The van der Waals surface area contributed by atoms with Crippen molar-refractivity contribution in [3.05, 3.63) is 46.0 Å². The average molecular weight is 396 g/mol. The van der Waals surface area contributed by atoms with Crippen LogP contribution >= 0.6 is 27.5 Å². The summed E-state index contributed by atoms with van der Waals surface area (Å²) in [5.41, 5.74) is 2.29. The van der Waals surface area contributed by atoms with Gasteiger partial charge in [-0.25, -0.2) is 4.98 Å². The van der Waals surface area contributed by atoms with Crippen molar-refractivity contribution < 1.29 is 5.11 Å². The van der Waals surface area contributed by atoms with Crippen LogP contribution in [0.15, 0.2) is 41.0 Å². The molecule has 0 aliphatic carbocycles. The normalized spacial score (nSPS) is 12.5. The van der Waals surface area contributed by atoms with Crippen LogP contribution in [0.5, 0.6) is 0 Å². The number of anilines is 1. The van der Waals surface area contributed by atoms with Gasteiger partial charge in [-0.3, -0.25) is 0 Å². The van der Waals surface area contributed by atoms with Crippen molar-refractivity contribution in [2.75, 3.05) is 11.9 Å². The van der Waals surface area contributed by atoms with Gasteiger partial charge >= 0.3 is 0 Å². The van der Waals surface area contributed by atoms with Crippen LogP contribution in [0.1, 0.15) is 13.3 Å². The van der Waals surface area contributed by atoms with E-state index in [0.717, 1.165) is 28.0 Å². The number of nitrogens with zero attached hydrogens (tertiary/aromatic N) is 3. The monoisotopic (exact) mass is 394 g/mol. The first-order valence-electron chi connectivity index (χ1n) is 7.30. The van der Waals surface area contributed by atoms with Gasteiger partial charge in [0.25, 0.3) is 0 Å². The van der Waals surface area contributed by atoms with Crippen LogP contribution in [0, 0.1) is 0 Å². The Kier molecular flexibility index (Phi) is 4.84. The van der Waals surface area contributed by atoms with Crippen molar-refractivity contribution in [2.45, 2.75) is 19.4 Å². The Morgan fingerprint density at radius 1 is 1.39 bits per heavy atom. The molecule has 3 aromatic rings. The molecule has 1 atom stereocenters. The van der Waals surface area contributed by atoms with Gasteiger partial charge in [0, 0.05) is 16.7 Å². The first-order valence-corrected chi connectivity index (χ1v) is 8.47. The number of aromatic nitrogens is 3. The summed E-state index contributed by atoms with van der Waals surface area (Å²) in [6, 6.07) is 9.42. The lowest BCUT2D eigenvalue weighted by molar-refractivity contribution is 0.271. The first-order chi connectivity index (χ1) is 11.1. The van der Waals surface area contributed by atoms with Gasteiger partial charge in [-0.05, 0) is 28.4 Å². The Hall–Kier alpha value is -1.63. The Bertz CT molecular complexity index is 832. The quantitative estimate of drug-likeness (QED) is 0.685. The number of hydrogen-bond acceptors (Lipinski definition) is 4. The lowest BCUT2D eigenvalue weighted by atomic mass is 10.1. The van der Waals surface area contributed by atoms with Gasteiger partial charge in [-0.2, -0.15) is 9.61 Å². The fourth-order valence-electron chi connectivity index (χ4n) is 2.33. The maximum Gasteiger partial charge on any atom is 0.172 e. The molecule has 2 heterocycles. The Labute approximate surface area is 147 Å². The van der Waals surface area contributed by atoms with Crippen molar-refractivity contribution >= 4 is 39.0 Å². The Morgan fingerprint density at radius 3 is 2.87 bits per heavy atom. The lowest BCUT2D eigenvalue weighted by Crippen LogP contribution is -2.24. The van der Waals surface area contributed by atoms with Crippen LogP contribution in [0.2, 0.25) is 5.02 Å². The van der Waals surface area contributed by atoms with Gasteiger partial charge in [0.1, 0.15) is 5.82 Å². The van der Waals surface area contributed by atoms with Crippen molar-refractivity contribution in [1.82, 2.24) is 14.6 Å². The predicted molar refractivity (Wildman–Crippen MR) is 95.9 cm³/mol. The summed E-state index contributed by atoms with van der Waals surface area (Å²) in [7, 11) is 0. The SMILES string of the molecule is CC[C@H](CO)Nc1cc(-c2ccccc2Cl)nc2c(Br)cnn12. The number of aliphatic hydroxyl groups excluding tert-OH is 1. The summed E-state index contributed by atoms with van der Waals surface area (Å²) >= 11 is 9.77. The second-order valence-corrected chi connectivity index (χ2v) is 6.43. The van der Waals surface area contributed by atoms with Crippen LogP contribution in [-0.2, 0) is 0 Å². The van der Waals surface area contributed by atoms with Crippen LogP contribution < -0.4 is 5.32 Å². The third-order valence-electron chi connectivity index (χ3n) is 3.64. The maximum atomic E-state index is 9.46. The van der Waals surface area contributed by atoms with E-state index in [1.807, 2.05) is 37.3 Å². The fraction of sp³-hybridized carbons (Fsp3) is 0.250. The third-order valence-corrected chi connectivity index (χ3v) is 4.53. The molecule has 1 aromatic carbocycles. The van der Waals surface area contributed by atoms with E-state index in [2.05, 4.69) is 31.3 Å². The molecule has 0 bridgehead atoms. The van der Waals surface area contributed by atoms with Crippen molar-refractivity contribution in [3.8, 4) is 11.3 Å². The minimum absolute atomic E-state index is 0.0458. The van der Waals surface area contributed by atoms with E-state index >= 15 is 0 Å². The minimum Gasteiger partial charge on any atom is -0.394 e. The summed E-state index contributed by atoms with van der Waals surface area (Å²) in [4.78, 5) is 4.65. The smallest absolute Gasteiger partial charge is 0.172 e. The average Bonchev–Trinajstić information content (AvgIpc) is 2.94. The standard InChI is InChI=1S/C16H16BrClN4O/c1-2-10(9-23)20-15-7-14(11-5-3-4-6-13(11)18)21-16-12(17)8-19-22(15)16/h3-8,10,20,23H,2,9H2,1H3/t10-/m1/s1. The lowest BCUT2D eigenvalue weighted by Gasteiger charge is -2.17. The van der Waals surface area contributed by atoms with Gasteiger partial charge in [-0.1, -0.05) is 36.7 Å². The number of halogens is 2. The largest absolute Gasteiger partial charge is 0.394 e. The molecule has 0 spiro atoms. The van der Waals surface area contributed by atoms with E-state index in [1.54, 1.807) is 10.7 Å². The molecule has 3 rings (SSSR count). The number of nitrogens with one attached hydrogen (secondary N) is 1. The molecule has 0 saturated carbocycles. The second kappa shape index (κ2) is 6.86. The van der Waals surface area contributed by atoms with E-state index in [1.165, 1.54) is 0 Å². The Balaban J connectivity index is 2.17. The highest BCUT2D eigenvalue weighted by Gasteiger charge is 2.15. The van der Waals surface area contributed by atoms with Crippen LogP contribution in [0.3, 0.4) is 0 Å². The molecule has 120 valence electrons. The summed E-state index contributed by atoms with van der Waals surface area (Å²) in [6.07, 6.45) is 2.49. The zero-order valence-corrected chi connectivity index (χ0v) is 14.8. The zero-order chi connectivity index (χ0) is 16.4. The molecule has 0 aliphatic heterocycles. The number of benzene rings is 1. The number of aliphatic hydroxyl groups is 1. The molecule has 7 heteroatoms. The minimum atomic E-state index is -0.0531. The van der Waals surface area contributed by atoms with Crippen LogP contribution in [0.4, 0.5) is 5.82 Å². The van der Waals surface area contributed by atoms with Gasteiger partial charge in [-0.15, -0.1) is 0 Å². The first kappa shape index (κ1) is 16.2. The molecule has 5 nitrogen and oxygen atoms in total. The number of rotatable bonds is 5. The van der Waals surface area contributed by atoms with E-state index in [-0.39, 0.29) is 12.6 Å². The van der Waals surface area contributed by atoms with Crippen molar-refractivity contribution in [2.24, 2.45) is 0 Å². The van der Waals surface area contributed by atoms with Gasteiger partial charge in [0.15, 0.2) is 5.65 Å². The summed E-state index contributed by atoms with van der Waals surface area (Å²) in [5.74, 6) is 0.761. The molecule has 0 amide bonds. The highest BCUT2D eigenvalue weighted by molar-refractivity contribution is 9.10. The summed E-state index contributed by atoms with van der Waals surface area (Å²) in [5, 5.41) is 17.7. The molecular weight excluding hydrogens is 380 g/mol. The van der Waals surface area contributed by atoms with E-state index in [0.29, 0.717) is 10.7 Å². The van der Waals surface area contributed by atoms with Crippen LogP contribution in [-0.4, -0.2) is 32.4 Å². The van der Waals surface area contributed by atoms with E-state index in [9.17, 15) is 5.11 Å². The maximum absolute atomic E-state index is 9.46. The molecule has 23 heavy (non-hydrogen) atoms. The molecule has 0 unspecified atom stereocenters. The molecule has 0 radical (unpaired) electrons. The molecular formula is C16H16BrClN4O. The summed E-state index contributed by atoms with van der Waals surface area (Å²) in [6.45, 7) is 2.06. The van der Waals surface area contributed by atoms with Gasteiger partial charge < -0.3 is 10.4 Å².